The van der Waals surface area contributed by atoms with Crippen LogP contribution in [0, 0.1) is 0 Å². The second-order valence-corrected chi connectivity index (χ2v) is 3.65. The number of nitrogens with zero attached hydrogens (tertiary/aromatic N) is 3. The molecule has 1 atom stereocenters. The molecule has 0 aliphatic carbocycles. The number of aliphatic hydroxyl groups is 1. The van der Waals surface area contributed by atoms with Crippen LogP contribution in [0.5, 0.6) is 0 Å². The summed E-state index contributed by atoms with van der Waals surface area (Å²) in [6.07, 6.45) is 3.61. The molecule has 1 aliphatic heterocycles. The van der Waals surface area contributed by atoms with Crippen molar-refractivity contribution >= 4 is 17.7 Å². The van der Waals surface area contributed by atoms with E-state index in [0.717, 1.165) is 23.6 Å². The predicted octanol–water partition coefficient (Wildman–Crippen LogP) is 1.50. The monoisotopic (exact) mass is 205 g/mol. The van der Waals surface area contributed by atoms with Gasteiger partial charge in [0.05, 0.1) is 12.6 Å². The fourth-order valence-corrected chi connectivity index (χ4v) is 1.79. The molecule has 1 aromatic rings. The lowest BCUT2D eigenvalue weighted by molar-refractivity contribution is 0.281. The minimum Gasteiger partial charge on any atom is -0.392 e. The predicted molar refractivity (Wildman–Crippen MR) is 60.8 cm³/mol. The number of rotatable bonds is 2. The Labute approximate surface area is 89.3 Å². The minimum absolute atomic E-state index is 0.0114. The SMILES string of the molecule is CCN1c2ncc(CO)cc2N=C[C@@H]1C. The van der Waals surface area contributed by atoms with E-state index in [0.29, 0.717) is 0 Å². The maximum Gasteiger partial charge on any atom is 0.155 e. The first-order valence-corrected chi connectivity index (χ1v) is 5.17. The van der Waals surface area contributed by atoms with Gasteiger partial charge in [-0.3, -0.25) is 4.99 Å². The number of anilines is 1. The molecule has 4 heteroatoms. The topological polar surface area (TPSA) is 48.7 Å². The van der Waals surface area contributed by atoms with Crippen LogP contribution in [0.4, 0.5) is 11.5 Å². The zero-order valence-corrected chi connectivity index (χ0v) is 9.01. The van der Waals surface area contributed by atoms with Gasteiger partial charge in [-0.25, -0.2) is 4.98 Å². The van der Waals surface area contributed by atoms with Gasteiger partial charge in [0.25, 0.3) is 0 Å². The van der Waals surface area contributed by atoms with Crippen molar-refractivity contribution in [2.24, 2.45) is 4.99 Å². The highest BCUT2D eigenvalue weighted by Gasteiger charge is 2.20. The van der Waals surface area contributed by atoms with Crippen LogP contribution in [-0.2, 0) is 6.61 Å². The van der Waals surface area contributed by atoms with Crippen molar-refractivity contribution in [1.29, 1.82) is 0 Å². The van der Waals surface area contributed by atoms with Crippen molar-refractivity contribution < 1.29 is 5.11 Å². The number of pyridine rings is 1. The summed E-state index contributed by atoms with van der Waals surface area (Å²) in [4.78, 5) is 10.9. The normalized spacial score (nSPS) is 19.1. The first-order valence-electron chi connectivity index (χ1n) is 5.17. The summed E-state index contributed by atoms with van der Waals surface area (Å²) >= 11 is 0. The highest BCUT2D eigenvalue weighted by Crippen LogP contribution is 2.31. The van der Waals surface area contributed by atoms with Gasteiger partial charge in [-0.2, -0.15) is 0 Å². The van der Waals surface area contributed by atoms with Gasteiger partial charge in [-0.1, -0.05) is 0 Å². The first-order chi connectivity index (χ1) is 7.26. The Kier molecular flexibility index (Phi) is 2.68. The molecule has 2 rings (SSSR count). The van der Waals surface area contributed by atoms with Gasteiger partial charge in [0.1, 0.15) is 5.69 Å². The Morgan fingerprint density at radius 2 is 2.33 bits per heavy atom. The summed E-state index contributed by atoms with van der Waals surface area (Å²) in [5.41, 5.74) is 1.65. The van der Waals surface area contributed by atoms with Crippen LogP contribution in [0.2, 0.25) is 0 Å². The fourth-order valence-electron chi connectivity index (χ4n) is 1.79. The largest absolute Gasteiger partial charge is 0.392 e. The first kappa shape index (κ1) is 10.1. The second kappa shape index (κ2) is 3.98. The van der Waals surface area contributed by atoms with E-state index in [4.69, 9.17) is 5.11 Å². The van der Waals surface area contributed by atoms with Gasteiger partial charge in [-0.15, -0.1) is 0 Å². The highest BCUT2D eigenvalue weighted by atomic mass is 16.3. The van der Waals surface area contributed by atoms with Gasteiger partial charge >= 0.3 is 0 Å². The molecule has 1 N–H and O–H groups in total. The van der Waals surface area contributed by atoms with Gasteiger partial charge in [0, 0.05) is 19.0 Å². The fraction of sp³-hybridized carbons (Fsp3) is 0.455. The highest BCUT2D eigenvalue weighted by molar-refractivity contribution is 5.82. The van der Waals surface area contributed by atoms with E-state index in [9.17, 15) is 0 Å². The Morgan fingerprint density at radius 3 is 3.00 bits per heavy atom. The maximum atomic E-state index is 9.01. The Hall–Kier alpha value is -1.42. The average Bonchev–Trinajstić information content (AvgIpc) is 2.28. The van der Waals surface area contributed by atoms with E-state index in [-0.39, 0.29) is 12.6 Å². The lowest BCUT2D eigenvalue weighted by atomic mass is 10.2. The molecule has 0 saturated heterocycles. The van der Waals surface area contributed by atoms with E-state index in [2.05, 4.69) is 28.7 Å². The van der Waals surface area contributed by atoms with Crippen LogP contribution >= 0.6 is 0 Å². The standard InChI is InChI=1S/C11H15N3O/c1-3-14-8(2)5-12-10-4-9(7-15)6-13-11(10)14/h4-6,8,15H,3,7H2,1-2H3/t8-/m0/s1. The summed E-state index contributed by atoms with van der Waals surface area (Å²) in [5.74, 6) is 0.907. The molecule has 0 amide bonds. The number of aromatic nitrogens is 1. The number of hydrogen-bond acceptors (Lipinski definition) is 4. The molecular formula is C11H15N3O. The van der Waals surface area contributed by atoms with Crippen LogP contribution < -0.4 is 4.90 Å². The third kappa shape index (κ3) is 1.72. The van der Waals surface area contributed by atoms with E-state index in [1.807, 2.05) is 12.3 Å². The van der Waals surface area contributed by atoms with Gasteiger partial charge < -0.3 is 10.0 Å². The number of fused-ring (bicyclic) bond motifs is 1. The molecule has 80 valence electrons. The van der Waals surface area contributed by atoms with E-state index in [1.165, 1.54) is 0 Å². The summed E-state index contributed by atoms with van der Waals surface area (Å²) < 4.78 is 0. The lowest BCUT2D eigenvalue weighted by Gasteiger charge is -2.30. The molecule has 1 aliphatic rings. The van der Waals surface area contributed by atoms with Crippen LogP contribution in [0.25, 0.3) is 0 Å². The zero-order chi connectivity index (χ0) is 10.8. The third-order valence-electron chi connectivity index (χ3n) is 2.62. The lowest BCUT2D eigenvalue weighted by Crippen LogP contribution is -2.36. The van der Waals surface area contributed by atoms with Crippen LogP contribution in [0.15, 0.2) is 17.3 Å². The molecule has 0 fully saturated rings. The summed E-state index contributed by atoms with van der Waals surface area (Å²) in [6.45, 7) is 5.11. The van der Waals surface area contributed by atoms with Crippen molar-refractivity contribution in [2.45, 2.75) is 26.5 Å². The summed E-state index contributed by atoms with van der Waals surface area (Å²) in [6, 6.07) is 2.17. The minimum atomic E-state index is 0.0114. The Morgan fingerprint density at radius 1 is 1.53 bits per heavy atom. The number of aliphatic hydroxyl groups excluding tert-OH is 1. The second-order valence-electron chi connectivity index (χ2n) is 3.65. The van der Waals surface area contributed by atoms with Crippen molar-refractivity contribution in [1.82, 2.24) is 4.98 Å². The van der Waals surface area contributed by atoms with E-state index >= 15 is 0 Å². The molecule has 0 spiro atoms. The number of hydrogen-bond donors (Lipinski definition) is 1. The molecular weight excluding hydrogens is 190 g/mol. The quantitative estimate of drug-likeness (QED) is 0.796. The molecule has 1 aromatic heterocycles. The Balaban J connectivity index is 2.44. The van der Waals surface area contributed by atoms with E-state index in [1.54, 1.807) is 6.20 Å². The van der Waals surface area contributed by atoms with E-state index < -0.39 is 0 Å². The Bertz CT molecular complexity index is 389. The van der Waals surface area contributed by atoms with Crippen LogP contribution in [0.3, 0.4) is 0 Å². The molecule has 0 bridgehead atoms. The van der Waals surface area contributed by atoms with Crippen LogP contribution in [-0.4, -0.2) is 28.9 Å². The zero-order valence-electron chi connectivity index (χ0n) is 9.01. The molecule has 4 nitrogen and oxygen atoms in total. The third-order valence-corrected chi connectivity index (χ3v) is 2.62. The van der Waals surface area contributed by atoms with Crippen molar-refractivity contribution in [3.05, 3.63) is 17.8 Å². The van der Waals surface area contributed by atoms with Gasteiger partial charge in [-0.05, 0) is 25.5 Å². The average molecular weight is 205 g/mol. The molecule has 0 radical (unpaired) electrons. The smallest absolute Gasteiger partial charge is 0.155 e. The van der Waals surface area contributed by atoms with Crippen molar-refractivity contribution in [2.75, 3.05) is 11.4 Å². The molecule has 2 heterocycles. The molecule has 15 heavy (non-hydrogen) atoms. The summed E-state index contributed by atoms with van der Waals surface area (Å²) in [7, 11) is 0. The molecule has 0 saturated carbocycles. The molecule has 0 unspecified atom stereocenters. The van der Waals surface area contributed by atoms with Gasteiger partial charge in [0.2, 0.25) is 0 Å². The summed E-state index contributed by atoms with van der Waals surface area (Å²) in [5, 5.41) is 9.01. The van der Waals surface area contributed by atoms with Crippen molar-refractivity contribution in [3.8, 4) is 0 Å². The van der Waals surface area contributed by atoms with Crippen LogP contribution in [0.1, 0.15) is 19.4 Å². The van der Waals surface area contributed by atoms with Crippen molar-refractivity contribution in [3.63, 3.8) is 0 Å². The van der Waals surface area contributed by atoms with Gasteiger partial charge in [0.15, 0.2) is 5.82 Å². The molecule has 0 aromatic carbocycles. The maximum absolute atomic E-state index is 9.01. The number of aliphatic imine (C=N–C) groups is 1.